The van der Waals surface area contributed by atoms with Crippen molar-refractivity contribution in [2.45, 2.75) is 52.2 Å². The second kappa shape index (κ2) is 9.43. The van der Waals surface area contributed by atoms with Gasteiger partial charge in [0, 0.05) is 25.3 Å². The van der Waals surface area contributed by atoms with Gasteiger partial charge in [-0.2, -0.15) is 0 Å². The predicted molar refractivity (Wildman–Crippen MR) is 104 cm³/mol. The van der Waals surface area contributed by atoms with Crippen LogP contribution in [-0.2, 0) is 14.3 Å². The van der Waals surface area contributed by atoms with Crippen LogP contribution >= 0.6 is 0 Å². The Kier molecular flexibility index (Phi) is 7.27. The van der Waals surface area contributed by atoms with E-state index in [4.69, 9.17) is 9.47 Å². The summed E-state index contributed by atoms with van der Waals surface area (Å²) in [4.78, 5) is 29.6. The SMILES string of the molecule is CCOC(=O)CNc1ccncc1NC1CCN(C(=O)OC(C)(C)C)CC1. The lowest BCUT2D eigenvalue weighted by Crippen LogP contribution is -2.44. The van der Waals surface area contributed by atoms with Crippen LogP contribution in [0.15, 0.2) is 18.5 Å². The zero-order valence-electron chi connectivity index (χ0n) is 16.6. The zero-order valence-corrected chi connectivity index (χ0v) is 16.6. The highest BCUT2D eigenvalue weighted by Gasteiger charge is 2.27. The first-order valence-corrected chi connectivity index (χ1v) is 9.36. The molecule has 0 spiro atoms. The molecule has 8 heteroatoms. The molecule has 1 fully saturated rings. The van der Waals surface area contributed by atoms with Crippen LogP contribution in [0.3, 0.4) is 0 Å². The minimum atomic E-state index is -0.485. The molecule has 0 aromatic carbocycles. The molecule has 1 aliphatic rings. The van der Waals surface area contributed by atoms with Crippen molar-refractivity contribution in [2.75, 3.05) is 36.9 Å². The van der Waals surface area contributed by atoms with Crippen molar-refractivity contribution in [2.24, 2.45) is 0 Å². The summed E-state index contributed by atoms with van der Waals surface area (Å²) >= 11 is 0. The Hall–Kier alpha value is -2.51. The summed E-state index contributed by atoms with van der Waals surface area (Å²) in [5, 5.41) is 6.54. The van der Waals surface area contributed by atoms with E-state index < -0.39 is 5.60 Å². The summed E-state index contributed by atoms with van der Waals surface area (Å²) in [5.41, 5.74) is 1.15. The molecule has 0 radical (unpaired) electrons. The van der Waals surface area contributed by atoms with Crippen molar-refractivity contribution < 1.29 is 19.1 Å². The van der Waals surface area contributed by atoms with Gasteiger partial charge in [0.25, 0.3) is 0 Å². The number of carbonyl (C=O) groups is 2. The standard InChI is InChI=1S/C19H30N4O4/c1-5-26-17(24)13-21-15-6-9-20-12-16(15)22-14-7-10-23(11-8-14)18(25)27-19(2,3)4/h6,9,12,14,22H,5,7-8,10-11,13H2,1-4H3,(H,20,21). The van der Waals surface area contributed by atoms with E-state index >= 15 is 0 Å². The number of pyridine rings is 1. The Balaban J connectivity index is 1.86. The first-order chi connectivity index (χ1) is 12.8. The van der Waals surface area contributed by atoms with E-state index in [-0.39, 0.29) is 24.6 Å². The summed E-state index contributed by atoms with van der Waals surface area (Å²) < 4.78 is 10.4. The molecule has 150 valence electrons. The number of hydrogen-bond acceptors (Lipinski definition) is 7. The van der Waals surface area contributed by atoms with Crippen molar-refractivity contribution in [3.05, 3.63) is 18.5 Å². The number of rotatable bonds is 6. The summed E-state index contributed by atoms with van der Waals surface area (Å²) in [6.07, 6.45) is 4.76. The minimum absolute atomic E-state index is 0.101. The third-order valence-corrected chi connectivity index (χ3v) is 4.06. The van der Waals surface area contributed by atoms with E-state index in [9.17, 15) is 9.59 Å². The lowest BCUT2D eigenvalue weighted by Gasteiger charge is -2.34. The number of anilines is 2. The van der Waals surface area contributed by atoms with Gasteiger partial charge in [-0.05, 0) is 46.6 Å². The van der Waals surface area contributed by atoms with Crippen LogP contribution in [0.25, 0.3) is 0 Å². The molecular formula is C19H30N4O4. The van der Waals surface area contributed by atoms with Crippen LogP contribution in [0.4, 0.5) is 16.2 Å². The highest BCUT2D eigenvalue weighted by Crippen LogP contribution is 2.24. The molecule has 1 aliphatic heterocycles. The second-order valence-electron chi connectivity index (χ2n) is 7.47. The van der Waals surface area contributed by atoms with Gasteiger partial charge in [0.2, 0.25) is 0 Å². The Morgan fingerprint density at radius 2 is 1.96 bits per heavy atom. The molecule has 0 bridgehead atoms. The predicted octanol–water partition coefficient (Wildman–Crippen LogP) is 2.87. The molecule has 27 heavy (non-hydrogen) atoms. The van der Waals surface area contributed by atoms with E-state index in [2.05, 4.69) is 15.6 Å². The van der Waals surface area contributed by atoms with Crippen molar-refractivity contribution in [1.29, 1.82) is 0 Å². The maximum atomic E-state index is 12.2. The third kappa shape index (κ3) is 6.96. The second-order valence-corrected chi connectivity index (χ2v) is 7.47. The zero-order chi connectivity index (χ0) is 19.9. The number of piperidine rings is 1. The average Bonchev–Trinajstić information content (AvgIpc) is 2.60. The van der Waals surface area contributed by atoms with Gasteiger partial charge in [-0.25, -0.2) is 4.79 Å². The molecule has 1 amide bonds. The molecule has 0 saturated carbocycles. The van der Waals surface area contributed by atoms with Gasteiger partial charge in [0.15, 0.2) is 0 Å². The Morgan fingerprint density at radius 1 is 1.26 bits per heavy atom. The number of carbonyl (C=O) groups excluding carboxylic acids is 2. The topological polar surface area (TPSA) is 92.8 Å². The summed E-state index contributed by atoms with van der Waals surface area (Å²) in [6.45, 7) is 9.12. The largest absolute Gasteiger partial charge is 0.465 e. The van der Waals surface area contributed by atoms with Crippen molar-refractivity contribution in [3.63, 3.8) is 0 Å². The lowest BCUT2D eigenvalue weighted by molar-refractivity contribution is -0.140. The first-order valence-electron chi connectivity index (χ1n) is 9.36. The Bertz CT molecular complexity index is 637. The van der Waals surface area contributed by atoms with Crippen LogP contribution in [0.5, 0.6) is 0 Å². The maximum Gasteiger partial charge on any atom is 0.410 e. The number of nitrogens with zero attached hydrogens (tertiary/aromatic N) is 2. The fourth-order valence-corrected chi connectivity index (χ4v) is 2.80. The molecule has 1 aromatic heterocycles. The van der Waals surface area contributed by atoms with E-state index in [0.29, 0.717) is 19.7 Å². The molecule has 0 aliphatic carbocycles. The molecule has 1 aromatic rings. The smallest absolute Gasteiger partial charge is 0.410 e. The number of ether oxygens (including phenoxy) is 2. The summed E-state index contributed by atoms with van der Waals surface area (Å²) in [7, 11) is 0. The van der Waals surface area contributed by atoms with E-state index in [1.165, 1.54) is 0 Å². The number of hydrogen-bond donors (Lipinski definition) is 2. The summed E-state index contributed by atoms with van der Waals surface area (Å²) in [5.74, 6) is -0.300. The van der Waals surface area contributed by atoms with Gasteiger partial charge < -0.3 is 25.0 Å². The van der Waals surface area contributed by atoms with Gasteiger partial charge in [-0.3, -0.25) is 9.78 Å². The molecule has 0 unspecified atom stereocenters. The third-order valence-electron chi connectivity index (χ3n) is 4.06. The minimum Gasteiger partial charge on any atom is -0.465 e. The normalized spacial score (nSPS) is 15.2. The number of aromatic nitrogens is 1. The van der Waals surface area contributed by atoms with Crippen molar-refractivity contribution in [3.8, 4) is 0 Å². The van der Waals surface area contributed by atoms with Crippen LogP contribution < -0.4 is 10.6 Å². The van der Waals surface area contributed by atoms with Gasteiger partial charge in [-0.15, -0.1) is 0 Å². The van der Waals surface area contributed by atoms with Crippen molar-refractivity contribution >= 4 is 23.4 Å². The molecular weight excluding hydrogens is 348 g/mol. The molecule has 2 heterocycles. The average molecular weight is 378 g/mol. The number of esters is 1. The highest BCUT2D eigenvalue weighted by atomic mass is 16.6. The van der Waals surface area contributed by atoms with Crippen LogP contribution in [0, 0.1) is 0 Å². The Labute approximate surface area is 160 Å². The number of likely N-dealkylation sites (tertiary alicyclic amines) is 1. The number of amides is 1. The van der Waals surface area contributed by atoms with E-state index in [1.54, 1.807) is 24.2 Å². The molecule has 8 nitrogen and oxygen atoms in total. The monoisotopic (exact) mass is 378 g/mol. The Morgan fingerprint density at radius 3 is 2.59 bits per heavy atom. The molecule has 2 rings (SSSR count). The van der Waals surface area contributed by atoms with E-state index in [1.807, 2.05) is 26.8 Å². The van der Waals surface area contributed by atoms with Gasteiger partial charge in [0.05, 0.1) is 24.2 Å². The first kappa shape index (κ1) is 20.8. The van der Waals surface area contributed by atoms with E-state index in [0.717, 1.165) is 24.2 Å². The molecule has 1 saturated heterocycles. The molecule has 0 atom stereocenters. The number of nitrogens with one attached hydrogen (secondary N) is 2. The lowest BCUT2D eigenvalue weighted by atomic mass is 10.0. The van der Waals surface area contributed by atoms with Crippen LogP contribution in [0.1, 0.15) is 40.5 Å². The van der Waals surface area contributed by atoms with Crippen molar-refractivity contribution in [1.82, 2.24) is 9.88 Å². The molecule has 2 N–H and O–H groups in total. The quantitative estimate of drug-likeness (QED) is 0.735. The maximum absolute atomic E-state index is 12.2. The van der Waals surface area contributed by atoms with Gasteiger partial charge in [-0.1, -0.05) is 0 Å². The fourth-order valence-electron chi connectivity index (χ4n) is 2.80. The fraction of sp³-hybridized carbons (Fsp3) is 0.632. The van der Waals surface area contributed by atoms with Gasteiger partial charge >= 0.3 is 12.1 Å². The van der Waals surface area contributed by atoms with Crippen LogP contribution in [0.2, 0.25) is 0 Å². The van der Waals surface area contributed by atoms with Gasteiger partial charge in [0.1, 0.15) is 12.1 Å². The summed E-state index contributed by atoms with van der Waals surface area (Å²) in [6, 6.07) is 2.04. The highest BCUT2D eigenvalue weighted by molar-refractivity contribution is 5.78. The van der Waals surface area contributed by atoms with Crippen LogP contribution in [-0.4, -0.2) is 59.8 Å².